The topological polar surface area (TPSA) is 63.6 Å². The van der Waals surface area contributed by atoms with Crippen LogP contribution in [0.3, 0.4) is 0 Å². The number of hydrogen-bond acceptors (Lipinski definition) is 4. The summed E-state index contributed by atoms with van der Waals surface area (Å²) in [5.74, 6) is -0.890. The molecular formula is C15H24O4. The summed E-state index contributed by atoms with van der Waals surface area (Å²) >= 11 is 0. The van der Waals surface area contributed by atoms with Crippen LogP contribution in [-0.4, -0.2) is 29.6 Å². The molecule has 0 saturated heterocycles. The van der Waals surface area contributed by atoms with Gasteiger partial charge in [-0.15, -0.1) is 0 Å². The van der Waals surface area contributed by atoms with E-state index in [-0.39, 0.29) is 24.8 Å². The van der Waals surface area contributed by atoms with Crippen LogP contribution in [0.5, 0.6) is 0 Å². The van der Waals surface area contributed by atoms with Crippen molar-refractivity contribution in [2.45, 2.75) is 46.1 Å². The number of hydrogen-bond donors (Lipinski definition) is 1. The van der Waals surface area contributed by atoms with Crippen LogP contribution < -0.4 is 0 Å². The molecule has 0 aromatic heterocycles. The molecule has 0 aliphatic rings. The van der Waals surface area contributed by atoms with Gasteiger partial charge in [0, 0.05) is 18.8 Å². The molecule has 0 aliphatic carbocycles. The van der Waals surface area contributed by atoms with E-state index in [9.17, 15) is 14.7 Å². The predicted molar refractivity (Wildman–Crippen MR) is 74.6 cm³/mol. The fraction of sp³-hybridized carbons (Fsp3) is 0.600. The Morgan fingerprint density at radius 2 is 2.00 bits per heavy atom. The highest BCUT2D eigenvalue weighted by atomic mass is 16.5. The Labute approximate surface area is 115 Å². The number of esters is 1. The van der Waals surface area contributed by atoms with Crippen LogP contribution in [0.2, 0.25) is 0 Å². The fourth-order valence-corrected chi connectivity index (χ4v) is 1.42. The highest BCUT2D eigenvalue weighted by Crippen LogP contribution is 2.10. The molecule has 0 spiro atoms. The lowest BCUT2D eigenvalue weighted by atomic mass is 9.97. The van der Waals surface area contributed by atoms with Gasteiger partial charge in [0.15, 0.2) is 5.78 Å². The number of rotatable bonds is 9. The lowest BCUT2D eigenvalue weighted by Gasteiger charge is -2.16. The maximum absolute atomic E-state index is 11.7. The number of aliphatic hydroxyl groups is 1. The first-order valence-corrected chi connectivity index (χ1v) is 6.69. The normalized spacial score (nSPS) is 14.7. The maximum Gasteiger partial charge on any atom is 0.305 e. The van der Waals surface area contributed by atoms with E-state index in [0.29, 0.717) is 6.42 Å². The van der Waals surface area contributed by atoms with Crippen molar-refractivity contribution >= 4 is 11.8 Å². The van der Waals surface area contributed by atoms with Gasteiger partial charge >= 0.3 is 5.97 Å². The summed E-state index contributed by atoms with van der Waals surface area (Å²) in [6.45, 7) is 5.57. The van der Waals surface area contributed by atoms with E-state index in [1.165, 1.54) is 6.08 Å². The second kappa shape index (κ2) is 10.5. The minimum atomic E-state index is -0.794. The summed E-state index contributed by atoms with van der Waals surface area (Å²) in [6, 6.07) is 0. The number of ketones is 1. The van der Waals surface area contributed by atoms with Crippen LogP contribution in [0.15, 0.2) is 24.3 Å². The molecule has 0 aromatic rings. The first-order chi connectivity index (χ1) is 9.02. The highest BCUT2D eigenvalue weighted by Gasteiger charge is 2.20. The molecule has 0 aliphatic heterocycles. The van der Waals surface area contributed by atoms with Gasteiger partial charge in [-0.25, -0.2) is 0 Å². The summed E-state index contributed by atoms with van der Waals surface area (Å²) < 4.78 is 4.94. The zero-order valence-corrected chi connectivity index (χ0v) is 12.0. The van der Waals surface area contributed by atoms with Crippen molar-refractivity contribution in [2.24, 2.45) is 5.92 Å². The van der Waals surface area contributed by atoms with Crippen molar-refractivity contribution in [1.29, 1.82) is 0 Å². The Hall–Kier alpha value is -1.42. The van der Waals surface area contributed by atoms with Crippen molar-refractivity contribution in [2.75, 3.05) is 6.61 Å². The van der Waals surface area contributed by atoms with Crippen molar-refractivity contribution in [3.8, 4) is 0 Å². The lowest BCUT2D eigenvalue weighted by molar-refractivity contribution is -0.144. The summed E-state index contributed by atoms with van der Waals surface area (Å²) in [4.78, 5) is 22.8. The molecular weight excluding hydrogens is 244 g/mol. The molecule has 2 unspecified atom stereocenters. The molecule has 0 amide bonds. The van der Waals surface area contributed by atoms with Crippen molar-refractivity contribution < 1.29 is 19.4 Å². The van der Waals surface area contributed by atoms with E-state index in [0.717, 1.165) is 6.42 Å². The van der Waals surface area contributed by atoms with Crippen LogP contribution in [-0.2, 0) is 14.3 Å². The van der Waals surface area contributed by atoms with Crippen LogP contribution in [0.25, 0.3) is 0 Å². The third kappa shape index (κ3) is 8.32. The van der Waals surface area contributed by atoms with E-state index >= 15 is 0 Å². The average molecular weight is 268 g/mol. The molecule has 0 heterocycles. The quantitative estimate of drug-likeness (QED) is 0.396. The molecule has 0 bridgehead atoms. The molecule has 0 aromatic carbocycles. The maximum atomic E-state index is 11.7. The third-order valence-electron chi connectivity index (χ3n) is 2.72. The molecule has 0 rings (SSSR count). The summed E-state index contributed by atoms with van der Waals surface area (Å²) in [5, 5.41) is 9.82. The molecule has 108 valence electrons. The van der Waals surface area contributed by atoms with E-state index < -0.39 is 12.0 Å². The van der Waals surface area contributed by atoms with Gasteiger partial charge in [-0.3, -0.25) is 9.59 Å². The van der Waals surface area contributed by atoms with Crippen LogP contribution in [0.1, 0.15) is 40.0 Å². The number of carbonyl (C=O) groups is 2. The van der Waals surface area contributed by atoms with E-state index in [1.54, 1.807) is 19.1 Å². The number of allylic oxidation sites excluding steroid dienone is 4. The summed E-state index contributed by atoms with van der Waals surface area (Å²) in [7, 11) is 0. The van der Waals surface area contributed by atoms with Crippen molar-refractivity contribution in [3.05, 3.63) is 24.3 Å². The lowest BCUT2D eigenvalue weighted by Crippen LogP contribution is -2.26. The first-order valence-electron chi connectivity index (χ1n) is 6.69. The molecule has 2 atom stereocenters. The molecule has 0 saturated carbocycles. The van der Waals surface area contributed by atoms with Crippen LogP contribution in [0.4, 0.5) is 0 Å². The minimum absolute atomic E-state index is 0.134. The van der Waals surface area contributed by atoms with E-state index in [1.807, 2.05) is 19.9 Å². The second-order valence-corrected chi connectivity index (χ2v) is 4.40. The largest absolute Gasteiger partial charge is 0.466 e. The smallest absolute Gasteiger partial charge is 0.305 e. The Morgan fingerprint density at radius 3 is 2.58 bits per heavy atom. The Bertz CT molecular complexity index is 331. The number of aliphatic hydroxyl groups excluding tert-OH is 1. The molecule has 0 fully saturated rings. The van der Waals surface area contributed by atoms with Gasteiger partial charge < -0.3 is 9.84 Å². The summed E-state index contributed by atoms with van der Waals surface area (Å²) in [6.07, 6.45) is 7.27. The first kappa shape index (κ1) is 17.6. The summed E-state index contributed by atoms with van der Waals surface area (Å²) in [5.41, 5.74) is 0. The minimum Gasteiger partial charge on any atom is -0.466 e. The number of carbonyl (C=O) groups excluding carboxylic acids is 2. The fourth-order valence-electron chi connectivity index (χ4n) is 1.42. The molecule has 4 heteroatoms. The van der Waals surface area contributed by atoms with Gasteiger partial charge in [0.25, 0.3) is 0 Å². The standard InChI is InChI=1S/C15H24O4/c1-4-6-7-9-13(16)12(3)14(17)10-11-19-15(18)8-5-2/h4,6-7,9,12,14,17H,5,8,10-11H2,1-3H3/b6-4+,9-7+. The van der Waals surface area contributed by atoms with Crippen LogP contribution in [0, 0.1) is 5.92 Å². The zero-order chi connectivity index (χ0) is 14.7. The Morgan fingerprint density at radius 1 is 1.32 bits per heavy atom. The zero-order valence-electron chi connectivity index (χ0n) is 12.0. The Kier molecular flexibility index (Phi) is 9.71. The van der Waals surface area contributed by atoms with Crippen LogP contribution >= 0.6 is 0 Å². The van der Waals surface area contributed by atoms with Gasteiger partial charge in [0.05, 0.1) is 12.7 Å². The second-order valence-electron chi connectivity index (χ2n) is 4.40. The van der Waals surface area contributed by atoms with Gasteiger partial charge in [-0.2, -0.15) is 0 Å². The van der Waals surface area contributed by atoms with Gasteiger partial charge in [-0.1, -0.05) is 32.1 Å². The monoisotopic (exact) mass is 268 g/mol. The Balaban J connectivity index is 4.02. The average Bonchev–Trinajstić information content (AvgIpc) is 2.38. The van der Waals surface area contributed by atoms with Gasteiger partial charge in [0.2, 0.25) is 0 Å². The number of ether oxygens (including phenoxy) is 1. The van der Waals surface area contributed by atoms with Crippen molar-refractivity contribution in [1.82, 2.24) is 0 Å². The highest BCUT2D eigenvalue weighted by molar-refractivity contribution is 5.92. The SMILES string of the molecule is C/C=C/C=C/C(=O)C(C)C(O)CCOC(=O)CCC. The van der Waals surface area contributed by atoms with Gasteiger partial charge in [-0.05, 0) is 19.4 Å². The van der Waals surface area contributed by atoms with Gasteiger partial charge in [0.1, 0.15) is 0 Å². The third-order valence-corrected chi connectivity index (χ3v) is 2.72. The molecule has 4 nitrogen and oxygen atoms in total. The molecule has 0 radical (unpaired) electrons. The van der Waals surface area contributed by atoms with E-state index in [4.69, 9.17) is 4.74 Å². The van der Waals surface area contributed by atoms with Crippen molar-refractivity contribution in [3.63, 3.8) is 0 Å². The van der Waals surface area contributed by atoms with E-state index in [2.05, 4.69) is 0 Å². The predicted octanol–water partition coefficient (Wildman–Crippen LogP) is 2.42. The molecule has 19 heavy (non-hydrogen) atoms. The molecule has 1 N–H and O–H groups in total.